The topological polar surface area (TPSA) is 97.5 Å². The number of aryl methyl sites for hydroxylation is 1. The van der Waals surface area contributed by atoms with Crippen molar-refractivity contribution >= 4 is 23.4 Å². The van der Waals surface area contributed by atoms with Gasteiger partial charge in [-0.05, 0) is 26.3 Å². The fourth-order valence-corrected chi connectivity index (χ4v) is 3.98. The van der Waals surface area contributed by atoms with E-state index in [-0.39, 0.29) is 11.9 Å². The minimum Gasteiger partial charge on any atom is -0.496 e. The lowest BCUT2D eigenvalue weighted by atomic mass is 10.1. The SMILES string of the molecule is COc1c(C)cnc(CN2c3nc(N)ncc3N(Cc3ccccc3)C(=O)[C@H]2C)c1C. The molecule has 31 heavy (non-hydrogen) atoms. The molecule has 1 amide bonds. The number of amides is 1. The van der Waals surface area contributed by atoms with E-state index in [2.05, 4.69) is 15.0 Å². The van der Waals surface area contributed by atoms with Gasteiger partial charge in [-0.2, -0.15) is 4.98 Å². The average Bonchev–Trinajstić information content (AvgIpc) is 2.77. The number of carbonyl (C=O) groups excluding carboxylic acids is 1. The average molecular weight is 419 g/mol. The van der Waals surface area contributed by atoms with Gasteiger partial charge in [0.2, 0.25) is 11.9 Å². The van der Waals surface area contributed by atoms with Gasteiger partial charge in [-0.3, -0.25) is 9.78 Å². The van der Waals surface area contributed by atoms with Gasteiger partial charge in [-0.15, -0.1) is 0 Å². The van der Waals surface area contributed by atoms with E-state index in [0.29, 0.717) is 24.6 Å². The minimum atomic E-state index is -0.445. The third-order valence-corrected chi connectivity index (χ3v) is 5.68. The van der Waals surface area contributed by atoms with E-state index in [1.807, 2.05) is 56.0 Å². The summed E-state index contributed by atoms with van der Waals surface area (Å²) in [5, 5.41) is 0. The first-order chi connectivity index (χ1) is 14.9. The zero-order chi connectivity index (χ0) is 22.1. The van der Waals surface area contributed by atoms with Crippen molar-refractivity contribution in [3.05, 3.63) is 65.1 Å². The molecule has 1 atom stereocenters. The van der Waals surface area contributed by atoms with Gasteiger partial charge in [-0.1, -0.05) is 30.3 Å². The molecule has 4 rings (SSSR count). The first-order valence-electron chi connectivity index (χ1n) is 10.1. The van der Waals surface area contributed by atoms with Gasteiger partial charge >= 0.3 is 0 Å². The second-order valence-corrected chi connectivity index (χ2v) is 7.70. The Morgan fingerprint density at radius 2 is 1.84 bits per heavy atom. The van der Waals surface area contributed by atoms with Gasteiger partial charge in [0.15, 0.2) is 5.82 Å². The Morgan fingerprint density at radius 1 is 1.10 bits per heavy atom. The van der Waals surface area contributed by atoms with Crippen LogP contribution in [0.5, 0.6) is 5.75 Å². The summed E-state index contributed by atoms with van der Waals surface area (Å²) >= 11 is 0. The lowest BCUT2D eigenvalue weighted by molar-refractivity contribution is -0.120. The number of nitrogen functional groups attached to an aromatic ring is 1. The van der Waals surface area contributed by atoms with E-state index in [0.717, 1.165) is 28.1 Å². The summed E-state index contributed by atoms with van der Waals surface area (Å²) in [6, 6.07) is 9.41. The summed E-state index contributed by atoms with van der Waals surface area (Å²) in [5.74, 6) is 1.56. The molecular formula is C23H26N6O2. The number of hydrogen-bond donors (Lipinski definition) is 1. The van der Waals surface area contributed by atoms with Crippen LogP contribution in [-0.2, 0) is 17.9 Å². The third-order valence-electron chi connectivity index (χ3n) is 5.68. The minimum absolute atomic E-state index is 0.0264. The summed E-state index contributed by atoms with van der Waals surface area (Å²) in [4.78, 5) is 30.3. The molecule has 2 aromatic heterocycles. The monoisotopic (exact) mass is 418 g/mol. The number of nitrogens with two attached hydrogens (primary N) is 1. The predicted molar refractivity (Wildman–Crippen MR) is 120 cm³/mol. The number of ether oxygens (including phenoxy) is 1. The van der Waals surface area contributed by atoms with Crippen LogP contribution in [0.25, 0.3) is 0 Å². The Labute approximate surface area is 181 Å². The van der Waals surface area contributed by atoms with Crippen molar-refractivity contribution < 1.29 is 9.53 Å². The molecule has 0 fully saturated rings. The number of pyridine rings is 1. The van der Waals surface area contributed by atoms with Crippen LogP contribution in [0, 0.1) is 13.8 Å². The molecule has 1 aliphatic rings. The van der Waals surface area contributed by atoms with Crippen molar-refractivity contribution in [2.45, 2.75) is 39.9 Å². The highest BCUT2D eigenvalue weighted by atomic mass is 16.5. The number of methoxy groups -OCH3 is 1. The standard InChI is InChI=1S/C23H26N6O2/c1-14-10-25-18(15(2)20(14)31-4)13-28-16(3)22(30)29(12-17-8-6-5-7-9-17)19-11-26-23(24)27-21(19)28/h5-11,16H,12-13H2,1-4H3,(H2,24,26,27)/t16-/m1/s1. The number of carbonyl (C=O) groups is 1. The van der Waals surface area contributed by atoms with Gasteiger partial charge in [0.05, 0.1) is 32.1 Å². The summed E-state index contributed by atoms with van der Waals surface area (Å²) in [6.07, 6.45) is 3.40. The molecule has 8 nitrogen and oxygen atoms in total. The van der Waals surface area contributed by atoms with Crippen molar-refractivity contribution in [3.8, 4) is 5.75 Å². The van der Waals surface area contributed by atoms with Crippen LogP contribution in [0.1, 0.15) is 29.3 Å². The summed E-state index contributed by atoms with van der Waals surface area (Å²) in [5.41, 5.74) is 10.3. The first-order valence-corrected chi connectivity index (χ1v) is 10.1. The molecule has 0 spiro atoms. The molecule has 0 aliphatic carbocycles. The van der Waals surface area contributed by atoms with Crippen LogP contribution >= 0.6 is 0 Å². The smallest absolute Gasteiger partial charge is 0.249 e. The molecular weight excluding hydrogens is 392 g/mol. The van der Waals surface area contributed by atoms with E-state index in [1.54, 1.807) is 24.4 Å². The molecule has 2 N–H and O–H groups in total. The highest BCUT2D eigenvalue weighted by Crippen LogP contribution is 2.37. The molecule has 8 heteroatoms. The third kappa shape index (κ3) is 3.76. The maximum Gasteiger partial charge on any atom is 0.249 e. The van der Waals surface area contributed by atoms with Crippen LogP contribution in [0.2, 0.25) is 0 Å². The predicted octanol–water partition coefficient (Wildman–Crippen LogP) is 3.02. The largest absolute Gasteiger partial charge is 0.496 e. The summed E-state index contributed by atoms with van der Waals surface area (Å²) in [7, 11) is 1.65. The van der Waals surface area contributed by atoms with Crippen LogP contribution in [0.15, 0.2) is 42.7 Å². The van der Waals surface area contributed by atoms with E-state index in [9.17, 15) is 4.79 Å². The van der Waals surface area contributed by atoms with Crippen LogP contribution in [-0.4, -0.2) is 34.0 Å². The van der Waals surface area contributed by atoms with Gasteiger partial charge in [0.25, 0.3) is 0 Å². The second kappa shape index (κ2) is 8.22. The number of aromatic nitrogens is 3. The highest BCUT2D eigenvalue weighted by Gasteiger charge is 2.37. The van der Waals surface area contributed by atoms with Crippen LogP contribution < -0.4 is 20.3 Å². The normalized spacial score (nSPS) is 15.7. The highest BCUT2D eigenvalue weighted by molar-refractivity contribution is 6.04. The molecule has 0 bridgehead atoms. The quantitative estimate of drug-likeness (QED) is 0.680. The Balaban J connectivity index is 1.75. The van der Waals surface area contributed by atoms with Gasteiger partial charge in [0.1, 0.15) is 17.5 Å². The fourth-order valence-electron chi connectivity index (χ4n) is 3.98. The summed E-state index contributed by atoms with van der Waals surface area (Å²) < 4.78 is 5.55. The number of fused-ring (bicyclic) bond motifs is 1. The molecule has 0 saturated carbocycles. The molecule has 3 heterocycles. The van der Waals surface area contributed by atoms with Crippen molar-refractivity contribution in [1.82, 2.24) is 15.0 Å². The number of nitrogens with zero attached hydrogens (tertiary/aromatic N) is 5. The fraction of sp³-hybridized carbons (Fsp3) is 0.304. The van der Waals surface area contributed by atoms with Crippen molar-refractivity contribution in [3.63, 3.8) is 0 Å². The van der Waals surface area contributed by atoms with Gasteiger partial charge in [0, 0.05) is 17.3 Å². The molecule has 0 radical (unpaired) electrons. The van der Waals surface area contributed by atoms with E-state index in [1.165, 1.54) is 0 Å². The lowest BCUT2D eigenvalue weighted by Gasteiger charge is -2.40. The summed E-state index contributed by atoms with van der Waals surface area (Å²) in [6.45, 7) is 6.65. The van der Waals surface area contributed by atoms with Gasteiger partial charge in [-0.25, -0.2) is 4.98 Å². The number of hydrogen-bond acceptors (Lipinski definition) is 7. The number of rotatable bonds is 5. The molecule has 3 aromatic rings. The molecule has 1 aliphatic heterocycles. The number of benzene rings is 1. The van der Waals surface area contributed by atoms with Crippen molar-refractivity contribution in [2.75, 3.05) is 22.6 Å². The lowest BCUT2D eigenvalue weighted by Crippen LogP contribution is -2.52. The van der Waals surface area contributed by atoms with E-state index >= 15 is 0 Å². The second-order valence-electron chi connectivity index (χ2n) is 7.70. The molecule has 0 saturated heterocycles. The van der Waals surface area contributed by atoms with Crippen molar-refractivity contribution in [1.29, 1.82) is 0 Å². The Morgan fingerprint density at radius 3 is 2.55 bits per heavy atom. The van der Waals surface area contributed by atoms with E-state index in [4.69, 9.17) is 10.5 Å². The van der Waals surface area contributed by atoms with Gasteiger partial charge < -0.3 is 20.3 Å². The maximum atomic E-state index is 13.4. The van der Waals surface area contributed by atoms with Crippen molar-refractivity contribution in [2.24, 2.45) is 0 Å². The first kappa shape index (κ1) is 20.6. The number of anilines is 3. The molecule has 0 unspecified atom stereocenters. The Kier molecular flexibility index (Phi) is 5.46. The zero-order valence-electron chi connectivity index (χ0n) is 18.2. The van der Waals surface area contributed by atoms with Crippen LogP contribution in [0.4, 0.5) is 17.5 Å². The van der Waals surface area contributed by atoms with Crippen LogP contribution in [0.3, 0.4) is 0 Å². The maximum absolute atomic E-state index is 13.4. The Bertz CT molecular complexity index is 1120. The molecule has 160 valence electrons. The van der Waals surface area contributed by atoms with E-state index < -0.39 is 6.04 Å². The Hall–Kier alpha value is -3.68. The zero-order valence-corrected chi connectivity index (χ0v) is 18.2. The molecule has 1 aromatic carbocycles.